The van der Waals surface area contributed by atoms with Crippen molar-refractivity contribution >= 4 is 33.4 Å². The molecule has 3 heterocycles. The van der Waals surface area contributed by atoms with Gasteiger partial charge in [0.05, 0.1) is 5.92 Å². The van der Waals surface area contributed by atoms with Crippen molar-refractivity contribution in [1.29, 1.82) is 0 Å². The third kappa shape index (κ3) is 4.89. The number of nitrogens with zero attached hydrogens (tertiary/aromatic N) is 4. The highest BCUT2D eigenvalue weighted by atomic mass is 79.9. The standard InChI is InChI=1S/C25H20BrN5O3/c26-20-7-3-17(4-8-20)23-29-25(34-30-23)18-5-9-21(10-6-18)28-24(33)19-12-22(32)31(15-19)14-16-2-1-11-27-13-16/h1-11,13,19H,12,14-15H2,(H,28,33). The zero-order chi connectivity index (χ0) is 23.5. The molecule has 0 bridgehead atoms. The number of likely N-dealkylation sites (tertiary alicyclic amines) is 1. The second-order valence-corrected chi connectivity index (χ2v) is 8.95. The van der Waals surface area contributed by atoms with Crippen molar-refractivity contribution in [2.75, 3.05) is 11.9 Å². The van der Waals surface area contributed by atoms with Gasteiger partial charge in [0.15, 0.2) is 0 Å². The summed E-state index contributed by atoms with van der Waals surface area (Å²) in [6.07, 6.45) is 3.62. The molecule has 1 N–H and O–H groups in total. The Labute approximate surface area is 204 Å². The molecule has 2 amide bonds. The molecule has 9 heteroatoms. The van der Waals surface area contributed by atoms with Gasteiger partial charge in [0.2, 0.25) is 17.6 Å². The van der Waals surface area contributed by atoms with E-state index < -0.39 is 5.92 Å². The average molecular weight is 518 g/mol. The molecule has 1 aliphatic heterocycles. The Hall–Kier alpha value is -3.85. The summed E-state index contributed by atoms with van der Waals surface area (Å²) >= 11 is 3.41. The third-order valence-corrected chi connectivity index (χ3v) is 6.14. The van der Waals surface area contributed by atoms with Gasteiger partial charge in [-0.05, 0) is 60.2 Å². The Bertz CT molecular complexity index is 1310. The van der Waals surface area contributed by atoms with Gasteiger partial charge in [-0.2, -0.15) is 4.98 Å². The number of carbonyl (C=O) groups excluding carboxylic acids is 2. The van der Waals surface area contributed by atoms with Gasteiger partial charge in [-0.1, -0.05) is 27.2 Å². The van der Waals surface area contributed by atoms with Crippen molar-refractivity contribution in [2.24, 2.45) is 5.92 Å². The molecule has 1 atom stereocenters. The van der Waals surface area contributed by atoms with Crippen LogP contribution in [0.1, 0.15) is 12.0 Å². The lowest BCUT2D eigenvalue weighted by Crippen LogP contribution is -2.28. The summed E-state index contributed by atoms with van der Waals surface area (Å²) in [6, 6.07) is 18.6. The molecule has 34 heavy (non-hydrogen) atoms. The van der Waals surface area contributed by atoms with Crippen LogP contribution < -0.4 is 5.32 Å². The number of benzene rings is 2. The van der Waals surface area contributed by atoms with Crippen LogP contribution in [0.4, 0.5) is 5.69 Å². The van der Waals surface area contributed by atoms with Crippen LogP contribution >= 0.6 is 15.9 Å². The lowest BCUT2D eigenvalue weighted by molar-refractivity contribution is -0.128. The normalized spacial score (nSPS) is 15.5. The number of hydrogen-bond donors (Lipinski definition) is 1. The van der Waals surface area contributed by atoms with Gasteiger partial charge in [0.1, 0.15) is 0 Å². The van der Waals surface area contributed by atoms with E-state index in [0.717, 1.165) is 21.2 Å². The van der Waals surface area contributed by atoms with E-state index in [-0.39, 0.29) is 18.2 Å². The van der Waals surface area contributed by atoms with E-state index in [1.165, 1.54) is 0 Å². The number of amides is 2. The molecule has 1 saturated heterocycles. The summed E-state index contributed by atoms with van der Waals surface area (Å²) < 4.78 is 6.38. The SMILES string of the molecule is O=C(Nc1ccc(-c2nc(-c3ccc(Br)cc3)no2)cc1)C1CC(=O)N(Cc2cccnc2)C1. The van der Waals surface area contributed by atoms with Crippen LogP contribution in [0.2, 0.25) is 0 Å². The molecule has 0 radical (unpaired) electrons. The first-order chi connectivity index (χ1) is 16.5. The maximum absolute atomic E-state index is 12.8. The molecule has 2 aromatic heterocycles. The van der Waals surface area contributed by atoms with Crippen molar-refractivity contribution in [2.45, 2.75) is 13.0 Å². The summed E-state index contributed by atoms with van der Waals surface area (Å²) in [5.74, 6) is 0.292. The number of pyridine rings is 1. The topological polar surface area (TPSA) is 101 Å². The molecule has 8 nitrogen and oxygen atoms in total. The van der Waals surface area contributed by atoms with Crippen molar-refractivity contribution in [3.05, 3.63) is 83.1 Å². The van der Waals surface area contributed by atoms with Gasteiger partial charge in [0.25, 0.3) is 5.89 Å². The van der Waals surface area contributed by atoms with Gasteiger partial charge in [0, 0.05) is 53.2 Å². The second kappa shape index (κ2) is 9.56. The summed E-state index contributed by atoms with van der Waals surface area (Å²) in [5, 5.41) is 6.95. The third-order valence-electron chi connectivity index (χ3n) is 5.61. The smallest absolute Gasteiger partial charge is 0.258 e. The number of hydrogen-bond acceptors (Lipinski definition) is 6. The largest absolute Gasteiger partial charge is 0.337 e. The van der Waals surface area contributed by atoms with Crippen LogP contribution in [0.5, 0.6) is 0 Å². The maximum atomic E-state index is 12.8. The van der Waals surface area contributed by atoms with E-state index in [9.17, 15) is 9.59 Å². The number of halogens is 1. The van der Waals surface area contributed by atoms with Crippen LogP contribution in [0.15, 0.2) is 82.1 Å². The van der Waals surface area contributed by atoms with Crippen LogP contribution in [0, 0.1) is 5.92 Å². The number of aromatic nitrogens is 3. The van der Waals surface area contributed by atoms with Gasteiger partial charge in [-0.25, -0.2) is 0 Å². The molecule has 0 saturated carbocycles. The van der Waals surface area contributed by atoms with E-state index in [1.807, 2.05) is 48.5 Å². The highest BCUT2D eigenvalue weighted by Gasteiger charge is 2.34. The van der Waals surface area contributed by atoms with E-state index >= 15 is 0 Å². The first kappa shape index (κ1) is 22.0. The minimum atomic E-state index is -0.395. The van der Waals surface area contributed by atoms with Crippen molar-refractivity contribution < 1.29 is 14.1 Å². The summed E-state index contributed by atoms with van der Waals surface area (Å²) in [5.41, 5.74) is 3.18. The van der Waals surface area contributed by atoms with Crippen LogP contribution in [0.25, 0.3) is 22.8 Å². The monoisotopic (exact) mass is 517 g/mol. The highest BCUT2D eigenvalue weighted by Crippen LogP contribution is 2.26. The predicted octanol–water partition coefficient (Wildman–Crippen LogP) is 4.55. The van der Waals surface area contributed by atoms with Crippen molar-refractivity contribution in [3.63, 3.8) is 0 Å². The minimum absolute atomic E-state index is 0.0303. The molecule has 1 fully saturated rings. The summed E-state index contributed by atoms with van der Waals surface area (Å²) in [4.78, 5) is 35.4. The quantitative estimate of drug-likeness (QED) is 0.402. The van der Waals surface area contributed by atoms with E-state index in [0.29, 0.717) is 30.5 Å². The molecule has 170 valence electrons. The van der Waals surface area contributed by atoms with Crippen LogP contribution in [0.3, 0.4) is 0 Å². The number of anilines is 1. The first-order valence-corrected chi connectivity index (χ1v) is 11.5. The number of nitrogens with one attached hydrogen (secondary N) is 1. The van der Waals surface area contributed by atoms with Gasteiger partial charge >= 0.3 is 0 Å². The Balaban J connectivity index is 1.20. The molecule has 1 aliphatic rings. The molecule has 4 aromatic rings. The minimum Gasteiger partial charge on any atom is -0.337 e. The van der Waals surface area contributed by atoms with Crippen LogP contribution in [-0.2, 0) is 16.1 Å². The Morgan fingerprint density at radius 2 is 1.85 bits per heavy atom. The second-order valence-electron chi connectivity index (χ2n) is 8.03. The molecule has 1 unspecified atom stereocenters. The Morgan fingerprint density at radius 3 is 2.59 bits per heavy atom. The van der Waals surface area contributed by atoms with Crippen molar-refractivity contribution in [3.8, 4) is 22.8 Å². The number of carbonyl (C=O) groups is 2. The van der Waals surface area contributed by atoms with E-state index in [4.69, 9.17) is 4.52 Å². The van der Waals surface area contributed by atoms with E-state index in [1.54, 1.807) is 29.4 Å². The molecule has 5 rings (SSSR count). The van der Waals surface area contributed by atoms with Crippen LogP contribution in [-0.4, -0.2) is 38.4 Å². The summed E-state index contributed by atoms with van der Waals surface area (Å²) in [6.45, 7) is 0.843. The molecular formula is C25H20BrN5O3. The molecule has 0 aliphatic carbocycles. The number of rotatable bonds is 6. The zero-order valence-corrected chi connectivity index (χ0v) is 19.6. The maximum Gasteiger partial charge on any atom is 0.258 e. The van der Waals surface area contributed by atoms with Gasteiger partial charge < -0.3 is 14.7 Å². The Kier molecular flexibility index (Phi) is 6.18. The molecule has 2 aromatic carbocycles. The van der Waals surface area contributed by atoms with Gasteiger partial charge in [-0.15, -0.1) is 0 Å². The predicted molar refractivity (Wildman–Crippen MR) is 129 cm³/mol. The van der Waals surface area contributed by atoms with Gasteiger partial charge in [-0.3, -0.25) is 14.6 Å². The Morgan fingerprint density at radius 1 is 1.09 bits per heavy atom. The lowest BCUT2D eigenvalue weighted by atomic mass is 10.1. The fourth-order valence-corrected chi connectivity index (χ4v) is 4.07. The fourth-order valence-electron chi connectivity index (χ4n) is 3.81. The fraction of sp³-hybridized carbons (Fsp3) is 0.160. The highest BCUT2D eigenvalue weighted by molar-refractivity contribution is 9.10. The molecule has 0 spiro atoms. The first-order valence-electron chi connectivity index (χ1n) is 10.7. The molecular weight excluding hydrogens is 498 g/mol. The summed E-state index contributed by atoms with van der Waals surface area (Å²) in [7, 11) is 0. The average Bonchev–Trinajstić information content (AvgIpc) is 3.48. The van der Waals surface area contributed by atoms with E-state index in [2.05, 4.69) is 36.4 Å². The van der Waals surface area contributed by atoms with Crippen molar-refractivity contribution in [1.82, 2.24) is 20.0 Å². The lowest BCUT2D eigenvalue weighted by Gasteiger charge is -2.16. The zero-order valence-electron chi connectivity index (χ0n) is 18.0.